The second-order valence-electron chi connectivity index (χ2n) is 7.07. The number of nitrogens with one attached hydrogen (secondary N) is 1. The molecule has 0 aliphatic carbocycles. The van der Waals surface area contributed by atoms with E-state index in [2.05, 4.69) is 5.32 Å². The molecule has 1 fully saturated rings. The Morgan fingerprint density at radius 2 is 1.87 bits per heavy atom. The molecular weight excluding hydrogens is 388 g/mol. The van der Waals surface area contributed by atoms with E-state index in [-0.39, 0.29) is 18.6 Å². The van der Waals surface area contributed by atoms with E-state index in [0.717, 1.165) is 12.1 Å². The summed E-state index contributed by atoms with van der Waals surface area (Å²) in [5.74, 6) is 0.362. The highest BCUT2D eigenvalue weighted by molar-refractivity contribution is 5.96. The van der Waals surface area contributed by atoms with Crippen LogP contribution in [0.4, 0.5) is 5.69 Å². The number of benzene rings is 2. The lowest BCUT2D eigenvalue weighted by Gasteiger charge is -2.26. The minimum absolute atomic E-state index is 0.0813. The number of para-hydroxylation sites is 2. The highest BCUT2D eigenvalue weighted by Crippen LogP contribution is 2.30. The number of fused-ring (bicyclic) bond motifs is 1. The Balaban J connectivity index is 1.21. The van der Waals surface area contributed by atoms with Gasteiger partial charge < -0.3 is 24.4 Å². The zero-order valence-corrected chi connectivity index (χ0v) is 16.3. The van der Waals surface area contributed by atoms with Crippen molar-refractivity contribution in [2.24, 2.45) is 0 Å². The largest absolute Gasteiger partial charge is 0.486 e. The van der Waals surface area contributed by atoms with Crippen molar-refractivity contribution in [2.75, 3.05) is 31.2 Å². The van der Waals surface area contributed by atoms with Crippen molar-refractivity contribution in [3.8, 4) is 11.5 Å². The Bertz CT molecular complexity index is 943. The van der Waals surface area contributed by atoms with Gasteiger partial charge in [0.1, 0.15) is 12.7 Å². The van der Waals surface area contributed by atoms with Crippen LogP contribution in [-0.4, -0.2) is 50.2 Å². The Labute approximate surface area is 173 Å². The zero-order valence-electron chi connectivity index (χ0n) is 16.3. The number of hydrogen-bond donors (Lipinski definition) is 1. The van der Waals surface area contributed by atoms with Crippen LogP contribution in [0.2, 0.25) is 0 Å². The minimum Gasteiger partial charge on any atom is -0.486 e. The minimum atomic E-state index is -0.601. The molecule has 1 N–H and O–H groups in total. The van der Waals surface area contributed by atoms with Crippen molar-refractivity contribution >= 4 is 23.5 Å². The molecule has 1 saturated heterocycles. The van der Waals surface area contributed by atoms with E-state index >= 15 is 0 Å². The fraction of sp³-hybridized carbons (Fsp3) is 0.318. The lowest BCUT2D eigenvalue weighted by molar-refractivity contribution is -0.124. The maximum atomic E-state index is 12.2. The van der Waals surface area contributed by atoms with Crippen LogP contribution in [0.3, 0.4) is 0 Å². The van der Waals surface area contributed by atoms with Crippen LogP contribution < -0.4 is 19.7 Å². The molecule has 30 heavy (non-hydrogen) atoms. The second-order valence-corrected chi connectivity index (χ2v) is 7.07. The number of ether oxygens (including phenoxy) is 3. The number of rotatable bonds is 6. The van der Waals surface area contributed by atoms with Gasteiger partial charge in [-0.15, -0.1) is 0 Å². The average Bonchev–Trinajstić information content (AvgIpc) is 3.21. The van der Waals surface area contributed by atoms with Crippen LogP contribution in [-0.2, 0) is 14.3 Å². The van der Waals surface area contributed by atoms with E-state index in [0.29, 0.717) is 36.6 Å². The topological polar surface area (TPSA) is 94.2 Å². The summed E-state index contributed by atoms with van der Waals surface area (Å²) in [7, 11) is 0. The van der Waals surface area contributed by atoms with Crippen molar-refractivity contribution in [3.63, 3.8) is 0 Å². The Morgan fingerprint density at radius 1 is 1.10 bits per heavy atom. The summed E-state index contributed by atoms with van der Waals surface area (Å²) in [5.41, 5.74) is 1.07. The molecule has 2 amide bonds. The van der Waals surface area contributed by atoms with E-state index in [1.165, 1.54) is 0 Å². The lowest BCUT2D eigenvalue weighted by Crippen LogP contribution is -2.42. The molecule has 2 aliphatic rings. The fourth-order valence-corrected chi connectivity index (χ4v) is 3.36. The molecule has 2 aromatic carbocycles. The van der Waals surface area contributed by atoms with Gasteiger partial charge in [0.25, 0.3) is 5.91 Å². The summed E-state index contributed by atoms with van der Waals surface area (Å²) in [6, 6.07) is 13.9. The molecule has 4 rings (SSSR count). The molecule has 0 aromatic heterocycles. The third-order valence-corrected chi connectivity index (χ3v) is 4.92. The number of anilines is 1. The molecule has 0 radical (unpaired) electrons. The molecule has 0 spiro atoms. The highest BCUT2D eigenvalue weighted by Gasteiger charge is 2.23. The van der Waals surface area contributed by atoms with Crippen LogP contribution in [0.1, 0.15) is 23.2 Å². The molecule has 0 saturated carbocycles. The zero-order chi connectivity index (χ0) is 20.9. The Morgan fingerprint density at radius 3 is 2.60 bits per heavy atom. The maximum Gasteiger partial charge on any atom is 0.338 e. The van der Waals surface area contributed by atoms with Gasteiger partial charge in [-0.2, -0.15) is 0 Å². The number of esters is 1. The van der Waals surface area contributed by atoms with E-state index in [9.17, 15) is 14.4 Å². The lowest BCUT2D eigenvalue weighted by atomic mass is 10.2. The van der Waals surface area contributed by atoms with E-state index < -0.39 is 18.5 Å². The monoisotopic (exact) mass is 410 g/mol. The van der Waals surface area contributed by atoms with E-state index in [1.54, 1.807) is 35.2 Å². The van der Waals surface area contributed by atoms with E-state index in [1.807, 2.05) is 18.2 Å². The first-order chi connectivity index (χ1) is 14.6. The van der Waals surface area contributed by atoms with Gasteiger partial charge in [-0.1, -0.05) is 12.1 Å². The first-order valence-corrected chi connectivity index (χ1v) is 9.83. The molecule has 2 aliphatic heterocycles. The van der Waals surface area contributed by atoms with Gasteiger partial charge in [0, 0.05) is 18.7 Å². The second kappa shape index (κ2) is 8.86. The first kappa shape index (κ1) is 19.8. The predicted octanol–water partition coefficient (Wildman–Crippen LogP) is 1.93. The Hall–Kier alpha value is -3.55. The first-order valence-electron chi connectivity index (χ1n) is 9.83. The van der Waals surface area contributed by atoms with Gasteiger partial charge in [-0.3, -0.25) is 9.59 Å². The number of carbonyl (C=O) groups is 3. The maximum absolute atomic E-state index is 12.2. The summed E-state index contributed by atoms with van der Waals surface area (Å²) in [6.45, 7) is 0.853. The molecule has 0 unspecified atom stereocenters. The van der Waals surface area contributed by atoms with Gasteiger partial charge in [0.05, 0.1) is 12.1 Å². The van der Waals surface area contributed by atoms with Crippen molar-refractivity contribution in [3.05, 3.63) is 54.1 Å². The smallest absolute Gasteiger partial charge is 0.338 e. The Kier molecular flexibility index (Phi) is 5.83. The molecule has 1 atom stereocenters. The number of carbonyl (C=O) groups excluding carboxylic acids is 3. The predicted molar refractivity (Wildman–Crippen MR) is 108 cm³/mol. The van der Waals surface area contributed by atoms with Crippen LogP contribution in [0, 0.1) is 0 Å². The fourth-order valence-electron chi connectivity index (χ4n) is 3.36. The summed E-state index contributed by atoms with van der Waals surface area (Å²) in [4.78, 5) is 37.6. The normalized spacial score (nSPS) is 17.5. The van der Waals surface area contributed by atoms with Gasteiger partial charge in [0.2, 0.25) is 5.91 Å². The summed E-state index contributed by atoms with van der Waals surface area (Å²) in [6.07, 6.45) is 1.06. The van der Waals surface area contributed by atoms with Crippen molar-refractivity contribution in [1.29, 1.82) is 0 Å². The van der Waals surface area contributed by atoms with Gasteiger partial charge >= 0.3 is 5.97 Å². The third-order valence-electron chi connectivity index (χ3n) is 4.92. The van der Waals surface area contributed by atoms with Crippen LogP contribution in [0.5, 0.6) is 11.5 Å². The van der Waals surface area contributed by atoms with Gasteiger partial charge in [0.15, 0.2) is 18.1 Å². The number of hydrogen-bond acceptors (Lipinski definition) is 6. The quantitative estimate of drug-likeness (QED) is 0.732. The van der Waals surface area contributed by atoms with Gasteiger partial charge in [-0.25, -0.2) is 4.79 Å². The van der Waals surface area contributed by atoms with Gasteiger partial charge in [-0.05, 0) is 42.8 Å². The molecule has 156 valence electrons. The number of nitrogens with zero attached hydrogens (tertiary/aromatic N) is 1. The summed E-state index contributed by atoms with van der Waals surface area (Å²) in [5, 5.41) is 2.68. The van der Waals surface area contributed by atoms with Crippen molar-refractivity contribution < 1.29 is 28.6 Å². The molecular formula is C22H22N2O6. The van der Waals surface area contributed by atoms with Crippen molar-refractivity contribution in [2.45, 2.75) is 18.9 Å². The average molecular weight is 410 g/mol. The SMILES string of the molecule is O=C(COC(=O)c1ccc(N2CCCC2=O)cc1)NC[C@H]1COc2ccccc2O1. The van der Waals surface area contributed by atoms with Crippen LogP contribution in [0.15, 0.2) is 48.5 Å². The molecule has 8 nitrogen and oxygen atoms in total. The third kappa shape index (κ3) is 4.53. The standard InChI is InChI=1S/C22H22N2O6/c25-20(23-12-17-13-28-18-4-1-2-5-19(18)30-17)14-29-22(27)15-7-9-16(10-8-15)24-11-3-6-21(24)26/h1-2,4-5,7-10,17H,3,6,11-14H2,(H,23,25)/t17-/m0/s1. The molecule has 8 heteroatoms. The number of amides is 2. The molecule has 0 bridgehead atoms. The molecule has 2 heterocycles. The highest BCUT2D eigenvalue weighted by atomic mass is 16.6. The van der Waals surface area contributed by atoms with Crippen LogP contribution >= 0.6 is 0 Å². The van der Waals surface area contributed by atoms with E-state index in [4.69, 9.17) is 14.2 Å². The summed E-state index contributed by atoms with van der Waals surface area (Å²) >= 11 is 0. The molecule has 2 aromatic rings. The van der Waals surface area contributed by atoms with Crippen molar-refractivity contribution in [1.82, 2.24) is 5.32 Å². The summed E-state index contributed by atoms with van der Waals surface area (Å²) < 4.78 is 16.4. The van der Waals surface area contributed by atoms with Crippen LogP contribution in [0.25, 0.3) is 0 Å².